The molecule has 1 unspecified atom stereocenters. The van der Waals surface area contributed by atoms with Gasteiger partial charge in [-0.2, -0.15) is 0 Å². The van der Waals surface area contributed by atoms with Crippen molar-refractivity contribution in [1.82, 2.24) is 4.31 Å². The van der Waals surface area contributed by atoms with Crippen molar-refractivity contribution < 1.29 is 18.0 Å². The molecule has 1 saturated heterocycles. The SMILES string of the molecule is Cc1ccc(N(C)C(=O)C2CCC(=O)N2S(=O)(=O)c2ccccc2)cc1. The molecule has 1 aliphatic heterocycles. The van der Waals surface area contributed by atoms with Gasteiger partial charge in [-0.3, -0.25) is 9.59 Å². The molecule has 1 atom stereocenters. The minimum absolute atomic E-state index is 0.00559. The molecule has 1 aliphatic rings. The molecule has 1 heterocycles. The van der Waals surface area contributed by atoms with Gasteiger partial charge in [-0.15, -0.1) is 0 Å². The summed E-state index contributed by atoms with van der Waals surface area (Å²) in [6.07, 6.45) is 0.212. The average Bonchev–Trinajstić information content (AvgIpc) is 3.04. The van der Waals surface area contributed by atoms with Crippen molar-refractivity contribution >= 4 is 27.5 Å². The van der Waals surface area contributed by atoms with E-state index >= 15 is 0 Å². The first-order chi connectivity index (χ1) is 12.3. The second-order valence-electron chi connectivity index (χ2n) is 6.29. The van der Waals surface area contributed by atoms with E-state index in [1.807, 2.05) is 19.1 Å². The Morgan fingerprint density at radius 1 is 1.08 bits per heavy atom. The first-order valence-corrected chi connectivity index (χ1v) is 9.73. The number of rotatable bonds is 4. The number of carbonyl (C=O) groups excluding carboxylic acids is 2. The number of anilines is 1. The van der Waals surface area contributed by atoms with Gasteiger partial charge in [0.15, 0.2) is 0 Å². The van der Waals surface area contributed by atoms with E-state index in [2.05, 4.69) is 0 Å². The fraction of sp³-hybridized carbons (Fsp3) is 0.263. The summed E-state index contributed by atoms with van der Waals surface area (Å²) in [4.78, 5) is 26.6. The van der Waals surface area contributed by atoms with Gasteiger partial charge in [0.05, 0.1) is 4.90 Å². The molecule has 0 saturated carbocycles. The number of aryl methyl sites for hydroxylation is 1. The van der Waals surface area contributed by atoms with Gasteiger partial charge in [-0.05, 0) is 37.6 Å². The minimum Gasteiger partial charge on any atom is -0.314 e. The highest BCUT2D eigenvalue weighted by Crippen LogP contribution is 2.29. The van der Waals surface area contributed by atoms with Crippen LogP contribution in [0.1, 0.15) is 18.4 Å². The third kappa shape index (κ3) is 3.22. The van der Waals surface area contributed by atoms with Crippen molar-refractivity contribution in [2.24, 2.45) is 0 Å². The van der Waals surface area contributed by atoms with Crippen LogP contribution in [0.2, 0.25) is 0 Å². The molecule has 1 fully saturated rings. The van der Waals surface area contributed by atoms with E-state index in [0.29, 0.717) is 5.69 Å². The van der Waals surface area contributed by atoms with Crippen LogP contribution in [0.4, 0.5) is 5.69 Å². The van der Waals surface area contributed by atoms with Gasteiger partial charge < -0.3 is 4.90 Å². The molecule has 2 amide bonds. The number of hydrogen-bond acceptors (Lipinski definition) is 4. The summed E-state index contributed by atoms with van der Waals surface area (Å²) in [7, 11) is -2.48. The normalized spacial score (nSPS) is 17.4. The van der Waals surface area contributed by atoms with Gasteiger partial charge in [-0.1, -0.05) is 35.9 Å². The lowest BCUT2D eigenvalue weighted by Crippen LogP contribution is -2.48. The highest BCUT2D eigenvalue weighted by molar-refractivity contribution is 7.89. The van der Waals surface area contributed by atoms with Crippen LogP contribution < -0.4 is 4.90 Å². The lowest BCUT2D eigenvalue weighted by Gasteiger charge is -2.27. The number of amides is 2. The summed E-state index contributed by atoms with van der Waals surface area (Å²) in [6.45, 7) is 1.94. The van der Waals surface area contributed by atoms with E-state index < -0.39 is 27.9 Å². The fourth-order valence-corrected chi connectivity index (χ4v) is 4.63. The van der Waals surface area contributed by atoms with E-state index in [0.717, 1.165) is 9.87 Å². The highest BCUT2D eigenvalue weighted by atomic mass is 32.2. The predicted molar refractivity (Wildman–Crippen MR) is 98.1 cm³/mol. The molecule has 0 aromatic heterocycles. The van der Waals surface area contributed by atoms with Crippen LogP contribution in [0, 0.1) is 6.92 Å². The van der Waals surface area contributed by atoms with Crippen LogP contribution in [-0.4, -0.2) is 37.6 Å². The molecule has 2 aromatic carbocycles. The van der Waals surface area contributed by atoms with Gasteiger partial charge in [0.2, 0.25) is 5.91 Å². The first-order valence-electron chi connectivity index (χ1n) is 8.29. The highest BCUT2D eigenvalue weighted by Gasteiger charge is 2.45. The largest absolute Gasteiger partial charge is 0.314 e. The second-order valence-corrected chi connectivity index (χ2v) is 8.11. The zero-order valence-electron chi connectivity index (χ0n) is 14.6. The van der Waals surface area contributed by atoms with Crippen LogP contribution in [-0.2, 0) is 19.6 Å². The average molecular weight is 372 g/mol. The molecule has 0 N–H and O–H groups in total. The second kappa shape index (κ2) is 6.92. The van der Waals surface area contributed by atoms with Gasteiger partial charge in [0.25, 0.3) is 15.9 Å². The Labute approximate surface area is 153 Å². The summed E-state index contributed by atoms with van der Waals surface area (Å²) in [6, 6.07) is 14.0. The Kier molecular flexibility index (Phi) is 4.82. The number of carbonyl (C=O) groups is 2. The fourth-order valence-electron chi connectivity index (χ4n) is 3.01. The van der Waals surface area contributed by atoms with Crippen molar-refractivity contribution in [2.45, 2.75) is 30.7 Å². The Morgan fingerprint density at radius 2 is 1.69 bits per heavy atom. The van der Waals surface area contributed by atoms with Crippen LogP contribution in [0.5, 0.6) is 0 Å². The smallest absolute Gasteiger partial charge is 0.267 e. The number of hydrogen-bond donors (Lipinski definition) is 0. The molecule has 2 aromatic rings. The van der Waals surface area contributed by atoms with Crippen molar-refractivity contribution in [2.75, 3.05) is 11.9 Å². The molecule has 3 rings (SSSR count). The summed E-state index contributed by atoms with van der Waals surface area (Å²) in [5.74, 6) is -0.969. The Bertz CT molecular complexity index is 924. The van der Waals surface area contributed by atoms with E-state index in [4.69, 9.17) is 0 Å². The summed E-state index contributed by atoms with van der Waals surface area (Å²) >= 11 is 0. The third-order valence-corrected chi connectivity index (χ3v) is 6.34. The Morgan fingerprint density at radius 3 is 2.31 bits per heavy atom. The molecule has 26 heavy (non-hydrogen) atoms. The molecule has 136 valence electrons. The first kappa shape index (κ1) is 18.1. The van der Waals surface area contributed by atoms with Gasteiger partial charge >= 0.3 is 0 Å². The van der Waals surface area contributed by atoms with Crippen molar-refractivity contribution in [3.05, 3.63) is 60.2 Å². The van der Waals surface area contributed by atoms with E-state index in [1.54, 1.807) is 37.4 Å². The lowest BCUT2D eigenvalue weighted by molar-refractivity contribution is -0.129. The summed E-state index contributed by atoms with van der Waals surface area (Å²) in [5, 5.41) is 0. The standard InChI is InChI=1S/C19H20N2O4S/c1-14-8-10-15(11-9-14)20(2)19(23)17-12-13-18(22)21(17)26(24,25)16-6-4-3-5-7-16/h3-11,17H,12-13H2,1-2H3. The van der Waals surface area contributed by atoms with Crippen molar-refractivity contribution in [1.29, 1.82) is 0 Å². The van der Waals surface area contributed by atoms with Crippen molar-refractivity contribution in [3.63, 3.8) is 0 Å². The van der Waals surface area contributed by atoms with Crippen LogP contribution in [0.3, 0.4) is 0 Å². The zero-order chi connectivity index (χ0) is 18.9. The Balaban J connectivity index is 1.92. The van der Waals surface area contributed by atoms with E-state index in [-0.39, 0.29) is 17.7 Å². The molecule has 7 heteroatoms. The predicted octanol–water partition coefficient (Wildman–Crippen LogP) is 2.34. The number of likely N-dealkylation sites (N-methyl/N-ethyl adjacent to an activating group) is 1. The maximum atomic E-state index is 12.9. The Hall–Kier alpha value is -2.67. The topological polar surface area (TPSA) is 74.8 Å². The monoisotopic (exact) mass is 372 g/mol. The molecule has 0 spiro atoms. The number of nitrogens with zero attached hydrogens (tertiary/aromatic N) is 2. The van der Waals surface area contributed by atoms with Crippen LogP contribution in [0.15, 0.2) is 59.5 Å². The maximum Gasteiger partial charge on any atom is 0.267 e. The van der Waals surface area contributed by atoms with Gasteiger partial charge in [-0.25, -0.2) is 12.7 Å². The maximum absolute atomic E-state index is 12.9. The summed E-state index contributed by atoms with van der Waals surface area (Å²) in [5.41, 5.74) is 1.70. The van der Waals surface area contributed by atoms with Gasteiger partial charge in [0.1, 0.15) is 6.04 Å². The quantitative estimate of drug-likeness (QED) is 0.826. The molecular formula is C19H20N2O4S. The summed E-state index contributed by atoms with van der Waals surface area (Å²) < 4.78 is 26.5. The molecule has 0 aliphatic carbocycles. The lowest BCUT2D eigenvalue weighted by atomic mass is 10.1. The van der Waals surface area contributed by atoms with Crippen LogP contribution in [0.25, 0.3) is 0 Å². The molecule has 0 radical (unpaired) electrons. The van der Waals surface area contributed by atoms with Crippen LogP contribution >= 0.6 is 0 Å². The molecule has 6 nitrogen and oxygen atoms in total. The number of sulfonamides is 1. The van der Waals surface area contributed by atoms with E-state index in [1.165, 1.54) is 17.0 Å². The molecular weight excluding hydrogens is 352 g/mol. The molecule has 0 bridgehead atoms. The zero-order valence-corrected chi connectivity index (χ0v) is 15.4. The number of benzene rings is 2. The minimum atomic E-state index is -4.07. The van der Waals surface area contributed by atoms with Gasteiger partial charge in [0, 0.05) is 19.2 Å². The van der Waals surface area contributed by atoms with Crippen molar-refractivity contribution in [3.8, 4) is 0 Å². The third-order valence-electron chi connectivity index (χ3n) is 4.50. The van der Waals surface area contributed by atoms with E-state index in [9.17, 15) is 18.0 Å².